The van der Waals surface area contributed by atoms with Gasteiger partial charge in [0.05, 0.1) is 0 Å². The maximum absolute atomic E-state index is 13.0. The van der Waals surface area contributed by atoms with Gasteiger partial charge in [0.1, 0.15) is 12.2 Å². The van der Waals surface area contributed by atoms with Gasteiger partial charge in [-0.1, -0.05) is 6.07 Å². The Balaban J connectivity index is 2.99. The number of carbonyl (C=O) groups is 1. The monoisotopic (exact) mass is 202 g/mol. The number of nitrogens with two attached hydrogens (primary N) is 1. The molecule has 0 spiro atoms. The molecule has 0 unspecified atom stereocenters. The smallest absolute Gasteiger partial charge is 0.324 e. The number of aliphatic carboxylic acids is 1. The number of carboxylic acid groups (broad SMARTS) is 1. The Morgan fingerprint density at radius 2 is 1.93 bits per heavy atom. The van der Waals surface area contributed by atoms with Crippen molar-refractivity contribution in [2.24, 2.45) is 5.84 Å². The predicted octanol–water partition coefficient (Wildman–Crippen LogP) is 0.730. The molecular weight excluding hydrogens is 194 g/mol. The van der Waals surface area contributed by atoms with Crippen molar-refractivity contribution >= 4 is 11.7 Å². The molecule has 1 aromatic carbocycles. The van der Waals surface area contributed by atoms with Crippen LogP contribution < -0.4 is 10.9 Å². The van der Waals surface area contributed by atoms with E-state index in [0.717, 1.165) is 12.1 Å². The van der Waals surface area contributed by atoms with Gasteiger partial charge in [0.25, 0.3) is 0 Å². The van der Waals surface area contributed by atoms with Crippen LogP contribution in [-0.4, -0.2) is 17.6 Å². The van der Waals surface area contributed by atoms with Crippen LogP contribution in [0.1, 0.15) is 0 Å². The summed E-state index contributed by atoms with van der Waals surface area (Å²) in [5.74, 6) is 2.11. The first-order chi connectivity index (χ1) is 6.52. The molecule has 0 aliphatic carbocycles. The van der Waals surface area contributed by atoms with Gasteiger partial charge in [-0.2, -0.15) is 0 Å². The first-order valence-electron chi connectivity index (χ1n) is 3.70. The average molecular weight is 202 g/mol. The van der Waals surface area contributed by atoms with Crippen LogP contribution in [0, 0.1) is 11.6 Å². The van der Waals surface area contributed by atoms with E-state index in [4.69, 9.17) is 10.9 Å². The molecule has 6 heteroatoms. The molecule has 76 valence electrons. The van der Waals surface area contributed by atoms with Crippen LogP contribution in [0.4, 0.5) is 14.5 Å². The Morgan fingerprint density at radius 1 is 1.43 bits per heavy atom. The van der Waals surface area contributed by atoms with Crippen LogP contribution >= 0.6 is 0 Å². The lowest BCUT2D eigenvalue weighted by molar-refractivity contribution is -0.135. The second-order valence-electron chi connectivity index (χ2n) is 2.59. The second kappa shape index (κ2) is 4.01. The highest BCUT2D eigenvalue weighted by Crippen LogP contribution is 2.20. The summed E-state index contributed by atoms with van der Waals surface area (Å²) in [5.41, 5.74) is -0.546. The summed E-state index contributed by atoms with van der Waals surface area (Å²) in [6, 6.07) is 3.17. The number of halogens is 2. The molecule has 0 saturated heterocycles. The number of carboxylic acids is 1. The lowest BCUT2D eigenvalue weighted by Gasteiger charge is -2.17. The highest BCUT2D eigenvalue weighted by atomic mass is 19.1. The normalized spacial score (nSPS) is 9.93. The third-order valence-electron chi connectivity index (χ3n) is 1.53. The van der Waals surface area contributed by atoms with E-state index in [1.165, 1.54) is 6.07 Å². The van der Waals surface area contributed by atoms with Crippen molar-refractivity contribution in [1.82, 2.24) is 0 Å². The van der Waals surface area contributed by atoms with E-state index in [1.54, 1.807) is 0 Å². The Kier molecular flexibility index (Phi) is 2.98. The second-order valence-corrected chi connectivity index (χ2v) is 2.59. The summed E-state index contributed by atoms with van der Waals surface area (Å²) in [6.07, 6.45) is 0. The number of benzene rings is 1. The minimum atomic E-state index is -1.27. The van der Waals surface area contributed by atoms with Crippen LogP contribution in [0.5, 0.6) is 0 Å². The Labute approximate surface area is 78.5 Å². The molecule has 0 amide bonds. The van der Waals surface area contributed by atoms with Crippen LogP contribution in [0.2, 0.25) is 0 Å². The molecule has 3 N–H and O–H groups in total. The fourth-order valence-electron chi connectivity index (χ4n) is 0.988. The maximum Gasteiger partial charge on any atom is 0.324 e. The molecule has 0 saturated carbocycles. The van der Waals surface area contributed by atoms with E-state index < -0.39 is 29.8 Å². The quantitative estimate of drug-likeness (QED) is 0.560. The van der Waals surface area contributed by atoms with E-state index in [2.05, 4.69) is 0 Å². The van der Waals surface area contributed by atoms with Crippen molar-refractivity contribution in [2.45, 2.75) is 0 Å². The summed E-state index contributed by atoms with van der Waals surface area (Å²) in [7, 11) is 0. The third-order valence-corrected chi connectivity index (χ3v) is 1.53. The number of hydrazine groups is 1. The number of hydrogen-bond acceptors (Lipinski definition) is 3. The number of anilines is 1. The van der Waals surface area contributed by atoms with Crippen LogP contribution in [-0.2, 0) is 4.79 Å². The molecule has 0 bridgehead atoms. The van der Waals surface area contributed by atoms with Gasteiger partial charge in [0, 0.05) is 0 Å². The number of nitrogens with zero attached hydrogens (tertiary/aromatic N) is 1. The number of hydrogen-bond donors (Lipinski definition) is 2. The summed E-state index contributed by atoms with van der Waals surface area (Å²) in [4.78, 5) is 10.2. The van der Waals surface area contributed by atoms with E-state index in [-0.39, 0.29) is 0 Å². The van der Waals surface area contributed by atoms with Gasteiger partial charge in [-0.15, -0.1) is 0 Å². The molecule has 1 rings (SSSR count). The van der Waals surface area contributed by atoms with Crippen molar-refractivity contribution in [3.8, 4) is 0 Å². The Morgan fingerprint density at radius 3 is 2.36 bits per heavy atom. The molecule has 4 nitrogen and oxygen atoms in total. The maximum atomic E-state index is 13.0. The average Bonchev–Trinajstić information content (AvgIpc) is 2.01. The Bertz CT molecular complexity index is 337. The van der Waals surface area contributed by atoms with Gasteiger partial charge >= 0.3 is 5.97 Å². The zero-order valence-corrected chi connectivity index (χ0v) is 7.08. The lowest BCUT2D eigenvalue weighted by atomic mass is 10.3. The molecule has 0 aliphatic rings. The molecule has 1 aromatic rings. The van der Waals surface area contributed by atoms with E-state index >= 15 is 0 Å². The Hall–Kier alpha value is -1.69. The molecule has 0 aliphatic heterocycles. The van der Waals surface area contributed by atoms with Gasteiger partial charge in [0.2, 0.25) is 0 Å². The fourth-order valence-corrected chi connectivity index (χ4v) is 0.988. The fraction of sp³-hybridized carbons (Fsp3) is 0.125. The third kappa shape index (κ3) is 2.17. The molecule has 0 atom stereocenters. The highest BCUT2D eigenvalue weighted by molar-refractivity contribution is 5.73. The van der Waals surface area contributed by atoms with Crippen molar-refractivity contribution in [3.63, 3.8) is 0 Å². The van der Waals surface area contributed by atoms with Gasteiger partial charge in [-0.3, -0.25) is 9.80 Å². The predicted molar refractivity (Wildman–Crippen MR) is 45.5 cm³/mol. The molecule has 0 heterocycles. The lowest BCUT2D eigenvalue weighted by Crippen LogP contribution is -2.37. The van der Waals surface area contributed by atoms with Crippen LogP contribution in [0.3, 0.4) is 0 Å². The standard InChI is InChI=1S/C8H8F2N2O2/c9-5-2-1-3-6(10)8(5)12(11)4-7(13)14/h1-3H,4,11H2,(H,13,14). The van der Waals surface area contributed by atoms with Crippen molar-refractivity contribution < 1.29 is 18.7 Å². The molecule has 14 heavy (non-hydrogen) atoms. The molecule has 0 aromatic heterocycles. The minimum Gasteiger partial charge on any atom is -0.480 e. The first-order valence-corrected chi connectivity index (χ1v) is 3.70. The van der Waals surface area contributed by atoms with E-state index in [1.807, 2.05) is 0 Å². The topological polar surface area (TPSA) is 66.6 Å². The highest BCUT2D eigenvalue weighted by Gasteiger charge is 2.15. The summed E-state index contributed by atoms with van der Waals surface area (Å²) < 4.78 is 26.0. The van der Waals surface area contributed by atoms with Crippen molar-refractivity contribution in [1.29, 1.82) is 0 Å². The van der Waals surface area contributed by atoms with E-state index in [0.29, 0.717) is 5.01 Å². The van der Waals surface area contributed by atoms with Gasteiger partial charge in [-0.05, 0) is 12.1 Å². The van der Waals surface area contributed by atoms with Crippen LogP contribution in [0.15, 0.2) is 18.2 Å². The first kappa shape index (κ1) is 10.4. The van der Waals surface area contributed by atoms with Gasteiger partial charge in [0.15, 0.2) is 11.6 Å². The summed E-state index contributed by atoms with van der Waals surface area (Å²) in [5, 5.41) is 8.87. The van der Waals surface area contributed by atoms with E-state index in [9.17, 15) is 13.6 Å². The van der Waals surface area contributed by atoms with Crippen molar-refractivity contribution in [2.75, 3.05) is 11.6 Å². The van der Waals surface area contributed by atoms with Gasteiger partial charge in [-0.25, -0.2) is 14.6 Å². The largest absolute Gasteiger partial charge is 0.480 e. The number of para-hydroxylation sites is 1. The molecular formula is C8H8F2N2O2. The zero-order chi connectivity index (χ0) is 10.7. The minimum absolute atomic E-state index is 0.507. The van der Waals surface area contributed by atoms with Gasteiger partial charge < -0.3 is 5.11 Å². The van der Waals surface area contributed by atoms with Crippen LogP contribution in [0.25, 0.3) is 0 Å². The van der Waals surface area contributed by atoms with Crippen molar-refractivity contribution in [3.05, 3.63) is 29.8 Å². The SMILES string of the molecule is NN(CC(=O)O)c1c(F)cccc1F. The number of rotatable bonds is 3. The summed E-state index contributed by atoms with van der Waals surface area (Å²) in [6.45, 7) is -0.669. The zero-order valence-electron chi connectivity index (χ0n) is 7.08. The molecule has 0 radical (unpaired) electrons. The summed E-state index contributed by atoms with van der Waals surface area (Å²) >= 11 is 0. The molecule has 0 fully saturated rings.